The number of carbonyl (C=O) groups is 2. The second kappa shape index (κ2) is 6.85. The molecule has 27 heavy (non-hydrogen) atoms. The Morgan fingerprint density at radius 2 is 2.04 bits per heavy atom. The maximum Gasteiger partial charge on any atom is 0.296 e. The van der Waals surface area contributed by atoms with Gasteiger partial charge in [0.05, 0.1) is 18.4 Å². The summed E-state index contributed by atoms with van der Waals surface area (Å²) in [6, 6.07) is 7.96. The standard InChI is InChI=1S/C20H16N2O4S/c1-12-6-10-27-19(12)16-15(17(23)13-4-7-21-8-5-13)18(24)20(25)22(16)11-14-3-2-9-26-14/h2-10,16,23H,11H2,1H3/b17-15-. The molecule has 0 radical (unpaired) electrons. The molecule has 1 amide bonds. The number of aliphatic hydroxyl groups excluding tert-OH is 1. The average Bonchev–Trinajstić information content (AvgIpc) is 3.39. The maximum atomic E-state index is 12.8. The number of pyridine rings is 1. The molecule has 0 spiro atoms. The summed E-state index contributed by atoms with van der Waals surface area (Å²) in [6.07, 6.45) is 4.58. The van der Waals surface area contributed by atoms with Gasteiger partial charge in [0.1, 0.15) is 17.6 Å². The smallest absolute Gasteiger partial charge is 0.296 e. The van der Waals surface area contributed by atoms with Crippen LogP contribution in [0.4, 0.5) is 0 Å². The number of nitrogens with zero attached hydrogens (tertiary/aromatic N) is 2. The van der Waals surface area contributed by atoms with E-state index in [-0.39, 0.29) is 17.9 Å². The predicted molar refractivity (Wildman–Crippen MR) is 99.8 cm³/mol. The van der Waals surface area contributed by atoms with Gasteiger partial charge in [-0.1, -0.05) is 0 Å². The highest BCUT2D eigenvalue weighted by Gasteiger charge is 2.47. The molecule has 0 saturated carbocycles. The Kier molecular flexibility index (Phi) is 4.37. The Morgan fingerprint density at radius 3 is 2.67 bits per heavy atom. The molecule has 1 unspecified atom stereocenters. The number of furan rings is 1. The lowest BCUT2D eigenvalue weighted by atomic mass is 9.99. The molecule has 3 aromatic heterocycles. The van der Waals surface area contributed by atoms with E-state index < -0.39 is 17.7 Å². The summed E-state index contributed by atoms with van der Waals surface area (Å²) < 4.78 is 5.37. The fourth-order valence-electron chi connectivity index (χ4n) is 3.22. The topological polar surface area (TPSA) is 83.6 Å². The van der Waals surface area contributed by atoms with Gasteiger partial charge in [0.25, 0.3) is 11.7 Å². The van der Waals surface area contributed by atoms with E-state index in [0.29, 0.717) is 11.3 Å². The van der Waals surface area contributed by atoms with Crippen LogP contribution in [0.5, 0.6) is 0 Å². The molecular weight excluding hydrogens is 364 g/mol. The number of likely N-dealkylation sites (tertiary alicyclic amines) is 1. The Morgan fingerprint density at radius 1 is 1.26 bits per heavy atom. The van der Waals surface area contributed by atoms with Crippen LogP contribution in [-0.4, -0.2) is 26.7 Å². The second-order valence-electron chi connectivity index (χ2n) is 6.21. The third-order valence-corrected chi connectivity index (χ3v) is 5.62. The van der Waals surface area contributed by atoms with Crippen molar-refractivity contribution in [3.8, 4) is 0 Å². The first kappa shape index (κ1) is 17.2. The van der Waals surface area contributed by atoms with Crippen molar-refractivity contribution in [3.05, 3.63) is 81.7 Å². The molecule has 7 heteroatoms. The van der Waals surface area contributed by atoms with Crippen molar-refractivity contribution in [2.24, 2.45) is 0 Å². The fraction of sp³-hybridized carbons (Fsp3) is 0.150. The molecule has 0 aromatic carbocycles. The minimum Gasteiger partial charge on any atom is -0.507 e. The molecule has 1 aliphatic rings. The van der Waals surface area contributed by atoms with E-state index in [0.717, 1.165) is 10.4 Å². The van der Waals surface area contributed by atoms with Crippen LogP contribution in [0, 0.1) is 6.92 Å². The van der Waals surface area contributed by atoms with Crippen LogP contribution in [0.1, 0.15) is 27.8 Å². The second-order valence-corrected chi connectivity index (χ2v) is 7.16. The summed E-state index contributed by atoms with van der Waals surface area (Å²) in [5.41, 5.74) is 1.49. The first-order valence-electron chi connectivity index (χ1n) is 8.33. The highest BCUT2D eigenvalue weighted by molar-refractivity contribution is 7.10. The van der Waals surface area contributed by atoms with Crippen molar-refractivity contribution in [1.82, 2.24) is 9.88 Å². The van der Waals surface area contributed by atoms with Crippen LogP contribution in [0.2, 0.25) is 0 Å². The number of aryl methyl sites for hydroxylation is 1. The van der Waals surface area contributed by atoms with Gasteiger partial charge in [-0.2, -0.15) is 0 Å². The van der Waals surface area contributed by atoms with Crippen LogP contribution in [0.25, 0.3) is 5.76 Å². The van der Waals surface area contributed by atoms with E-state index in [4.69, 9.17) is 4.42 Å². The number of carbonyl (C=O) groups excluding carboxylic acids is 2. The highest BCUT2D eigenvalue weighted by Crippen LogP contribution is 2.43. The van der Waals surface area contributed by atoms with Crippen molar-refractivity contribution in [2.45, 2.75) is 19.5 Å². The lowest BCUT2D eigenvalue weighted by Gasteiger charge is -2.24. The number of aliphatic hydroxyl groups is 1. The largest absolute Gasteiger partial charge is 0.507 e. The quantitative estimate of drug-likeness (QED) is 0.424. The van der Waals surface area contributed by atoms with Crippen LogP contribution >= 0.6 is 11.3 Å². The van der Waals surface area contributed by atoms with E-state index in [1.807, 2.05) is 18.4 Å². The summed E-state index contributed by atoms with van der Waals surface area (Å²) in [5.74, 6) is -0.982. The molecular formula is C20H16N2O4S. The molecule has 6 nitrogen and oxygen atoms in total. The fourth-order valence-corrected chi connectivity index (χ4v) is 4.26. The number of amides is 1. The van der Waals surface area contributed by atoms with Crippen LogP contribution in [-0.2, 0) is 16.1 Å². The normalized spacial score (nSPS) is 19.0. The van der Waals surface area contributed by atoms with E-state index in [1.54, 1.807) is 24.3 Å². The zero-order chi connectivity index (χ0) is 19.0. The van der Waals surface area contributed by atoms with Crippen molar-refractivity contribution >= 4 is 28.8 Å². The Balaban J connectivity index is 1.88. The molecule has 0 aliphatic carbocycles. The first-order valence-corrected chi connectivity index (χ1v) is 9.21. The van der Waals surface area contributed by atoms with Gasteiger partial charge in [-0.25, -0.2) is 0 Å². The number of hydrogen-bond donors (Lipinski definition) is 1. The molecule has 1 atom stereocenters. The number of ketones is 1. The van der Waals surface area contributed by atoms with Crippen LogP contribution in [0.3, 0.4) is 0 Å². The highest BCUT2D eigenvalue weighted by atomic mass is 32.1. The van der Waals surface area contributed by atoms with Gasteiger partial charge in [-0.15, -0.1) is 11.3 Å². The Bertz CT molecular complexity index is 1020. The number of thiophene rings is 1. The third-order valence-electron chi connectivity index (χ3n) is 4.55. The van der Waals surface area contributed by atoms with E-state index in [1.165, 1.54) is 34.9 Å². The van der Waals surface area contributed by atoms with E-state index >= 15 is 0 Å². The first-order chi connectivity index (χ1) is 13.1. The van der Waals surface area contributed by atoms with E-state index in [2.05, 4.69) is 4.98 Å². The van der Waals surface area contributed by atoms with Gasteiger partial charge < -0.3 is 14.4 Å². The van der Waals surface area contributed by atoms with Gasteiger partial charge >= 0.3 is 0 Å². The van der Waals surface area contributed by atoms with Gasteiger partial charge in [0.15, 0.2) is 0 Å². The minimum atomic E-state index is -0.700. The lowest BCUT2D eigenvalue weighted by Crippen LogP contribution is -2.28. The van der Waals surface area contributed by atoms with Crippen molar-refractivity contribution < 1.29 is 19.1 Å². The van der Waals surface area contributed by atoms with Crippen molar-refractivity contribution in [3.63, 3.8) is 0 Å². The summed E-state index contributed by atoms with van der Waals surface area (Å²) in [6.45, 7) is 2.07. The molecule has 4 rings (SSSR count). The Labute approximate surface area is 159 Å². The summed E-state index contributed by atoms with van der Waals surface area (Å²) >= 11 is 1.45. The molecule has 3 aromatic rings. The van der Waals surface area contributed by atoms with Crippen LogP contribution in [0.15, 0.2) is 64.4 Å². The van der Waals surface area contributed by atoms with Gasteiger partial charge in [0, 0.05) is 22.8 Å². The monoisotopic (exact) mass is 380 g/mol. The predicted octanol–water partition coefficient (Wildman–Crippen LogP) is 3.67. The van der Waals surface area contributed by atoms with Gasteiger partial charge in [-0.05, 0) is 48.2 Å². The molecule has 1 saturated heterocycles. The molecule has 0 bridgehead atoms. The zero-order valence-corrected chi connectivity index (χ0v) is 15.3. The van der Waals surface area contributed by atoms with Crippen molar-refractivity contribution in [2.75, 3.05) is 0 Å². The lowest BCUT2D eigenvalue weighted by molar-refractivity contribution is -0.140. The van der Waals surface area contributed by atoms with Crippen LogP contribution < -0.4 is 0 Å². The maximum absolute atomic E-state index is 12.8. The average molecular weight is 380 g/mol. The zero-order valence-electron chi connectivity index (χ0n) is 14.5. The SMILES string of the molecule is Cc1ccsc1C1/C(=C(/O)c2ccncc2)C(=O)C(=O)N1Cc1ccco1. The van der Waals surface area contributed by atoms with Crippen molar-refractivity contribution in [1.29, 1.82) is 0 Å². The summed E-state index contributed by atoms with van der Waals surface area (Å²) in [5, 5.41) is 12.8. The third kappa shape index (κ3) is 2.96. The minimum absolute atomic E-state index is 0.0864. The molecule has 1 fully saturated rings. The molecule has 1 N–H and O–H groups in total. The molecule has 136 valence electrons. The van der Waals surface area contributed by atoms with Gasteiger partial charge in [0.2, 0.25) is 0 Å². The number of Topliss-reactive ketones (excluding diaryl/α,β-unsaturated/α-hetero) is 1. The number of rotatable bonds is 4. The van der Waals surface area contributed by atoms with Gasteiger partial charge in [-0.3, -0.25) is 14.6 Å². The number of hydrogen-bond acceptors (Lipinski definition) is 6. The Hall–Kier alpha value is -3.19. The number of aromatic nitrogens is 1. The summed E-state index contributed by atoms with van der Waals surface area (Å²) in [4.78, 5) is 31.8. The molecule has 1 aliphatic heterocycles. The molecule has 4 heterocycles. The summed E-state index contributed by atoms with van der Waals surface area (Å²) in [7, 11) is 0. The van der Waals surface area contributed by atoms with E-state index in [9.17, 15) is 14.7 Å².